The molecule has 0 saturated carbocycles. The Morgan fingerprint density at radius 1 is 1.07 bits per heavy atom. The van der Waals surface area contributed by atoms with Crippen LogP contribution in [0.2, 0.25) is 0 Å². The van der Waals surface area contributed by atoms with E-state index in [1.807, 2.05) is 19.1 Å². The number of benzene rings is 2. The van der Waals surface area contributed by atoms with Gasteiger partial charge in [-0.2, -0.15) is 0 Å². The van der Waals surface area contributed by atoms with Crippen LogP contribution in [0.25, 0.3) is 0 Å². The SMILES string of the molecule is CCOc1ccc(N2C(=O)c3ccccc3[C@@H](C=NCc3ccco3)C2=O)cc1. The minimum Gasteiger partial charge on any atom is -0.494 e. The van der Waals surface area contributed by atoms with Crippen LogP contribution in [0.5, 0.6) is 5.75 Å². The minimum atomic E-state index is -0.648. The van der Waals surface area contributed by atoms with Crippen molar-refractivity contribution in [2.75, 3.05) is 11.5 Å². The van der Waals surface area contributed by atoms with E-state index in [2.05, 4.69) is 4.99 Å². The summed E-state index contributed by atoms with van der Waals surface area (Å²) in [6, 6.07) is 17.7. The van der Waals surface area contributed by atoms with Crippen molar-refractivity contribution in [3.63, 3.8) is 0 Å². The van der Waals surface area contributed by atoms with Gasteiger partial charge in [0.15, 0.2) is 0 Å². The molecule has 0 radical (unpaired) electrons. The summed E-state index contributed by atoms with van der Waals surface area (Å²) in [4.78, 5) is 31.9. The van der Waals surface area contributed by atoms with E-state index in [0.29, 0.717) is 41.5 Å². The molecule has 1 atom stereocenters. The molecule has 1 aliphatic heterocycles. The number of carbonyl (C=O) groups excluding carboxylic acids is 2. The quantitative estimate of drug-likeness (QED) is 0.468. The molecule has 1 aliphatic rings. The average Bonchev–Trinajstić information content (AvgIpc) is 3.26. The second-order valence-electron chi connectivity index (χ2n) is 6.54. The van der Waals surface area contributed by atoms with Crippen LogP contribution < -0.4 is 9.64 Å². The van der Waals surface area contributed by atoms with Crippen LogP contribution in [0.15, 0.2) is 76.3 Å². The fourth-order valence-corrected chi connectivity index (χ4v) is 3.35. The van der Waals surface area contributed by atoms with Crippen LogP contribution in [0, 0.1) is 0 Å². The van der Waals surface area contributed by atoms with Gasteiger partial charge in [-0.25, -0.2) is 4.90 Å². The van der Waals surface area contributed by atoms with Crippen molar-refractivity contribution >= 4 is 23.7 Å². The number of ether oxygens (including phenoxy) is 1. The van der Waals surface area contributed by atoms with E-state index < -0.39 is 5.92 Å². The molecule has 0 saturated heterocycles. The van der Waals surface area contributed by atoms with Gasteiger partial charge in [-0.05, 0) is 55.0 Å². The number of imide groups is 1. The van der Waals surface area contributed by atoms with Gasteiger partial charge in [-0.1, -0.05) is 18.2 Å². The summed E-state index contributed by atoms with van der Waals surface area (Å²) in [6.07, 6.45) is 3.18. The van der Waals surface area contributed by atoms with Crippen LogP contribution >= 0.6 is 0 Å². The number of hydrogen-bond acceptors (Lipinski definition) is 5. The molecular formula is C23H20N2O4. The molecule has 0 bridgehead atoms. The van der Waals surface area contributed by atoms with Crippen LogP contribution in [-0.2, 0) is 11.3 Å². The molecular weight excluding hydrogens is 368 g/mol. The molecule has 2 amide bonds. The van der Waals surface area contributed by atoms with E-state index in [0.717, 1.165) is 0 Å². The summed E-state index contributed by atoms with van der Waals surface area (Å²) in [5.41, 5.74) is 1.66. The predicted molar refractivity (Wildman–Crippen MR) is 110 cm³/mol. The Kier molecular flexibility index (Phi) is 5.24. The van der Waals surface area contributed by atoms with Gasteiger partial charge in [0.05, 0.1) is 31.0 Å². The topological polar surface area (TPSA) is 72.1 Å². The third-order valence-electron chi connectivity index (χ3n) is 4.70. The maximum Gasteiger partial charge on any atom is 0.265 e. The van der Waals surface area contributed by atoms with Gasteiger partial charge in [-0.15, -0.1) is 0 Å². The van der Waals surface area contributed by atoms with Crippen LogP contribution in [0.1, 0.15) is 34.5 Å². The van der Waals surface area contributed by atoms with Crippen molar-refractivity contribution < 1.29 is 18.7 Å². The smallest absolute Gasteiger partial charge is 0.265 e. The first-order valence-corrected chi connectivity index (χ1v) is 9.41. The van der Waals surface area contributed by atoms with E-state index in [-0.39, 0.29) is 11.8 Å². The van der Waals surface area contributed by atoms with Crippen molar-refractivity contribution in [2.45, 2.75) is 19.4 Å². The summed E-state index contributed by atoms with van der Waals surface area (Å²) in [7, 11) is 0. The lowest BCUT2D eigenvalue weighted by atomic mass is 9.89. The first-order valence-electron chi connectivity index (χ1n) is 9.41. The molecule has 2 aromatic carbocycles. The normalized spacial score (nSPS) is 16.3. The molecule has 6 heteroatoms. The number of nitrogens with zero attached hydrogens (tertiary/aromatic N) is 2. The third kappa shape index (κ3) is 3.69. The standard InChI is InChI=1S/C23H20N2O4/c1-2-28-17-11-9-16(10-12-17)25-22(26)20-8-4-3-7-19(20)21(23(25)27)15-24-14-18-6-5-13-29-18/h3-13,15,21H,2,14H2,1H3/t21-/m1/s1. The van der Waals surface area contributed by atoms with Crippen molar-refractivity contribution in [3.8, 4) is 5.75 Å². The molecule has 1 aromatic heterocycles. The molecule has 0 fully saturated rings. The second kappa shape index (κ2) is 8.14. The number of furan rings is 1. The predicted octanol–water partition coefficient (Wildman–Crippen LogP) is 4.22. The zero-order chi connectivity index (χ0) is 20.2. The number of carbonyl (C=O) groups is 2. The molecule has 3 aromatic rings. The molecule has 0 N–H and O–H groups in total. The number of fused-ring (bicyclic) bond motifs is 1. The highest BCUT2D eigenvalue weighted by molar-refractivity contribution is 6.29. The van der Waals surface area contributed by atoms with Gasteiger partial charge in [-0.3, -0.25) is 14.6 Å². The van der Waals surface area contributed by atoms with Crippen molar-refractivity contribution in [1.29, 1.82) is 0 Å². The summed E-state index contributed by atoms with van der Waals surface area (Å²) in [5.74, 6) is 0.0688. The summed E-state index contributed by atoms with van der Waals surface area (Å²) >= 11 is 0. The van der Waals surface area contributed by atoms with E-state index in [1.54, 1.807) is 61.0 Å². The Hall–Kier alpha value is -3.67. The Morgan fingerprint density at radius 2 is 1.86 bits per heavy atom. The fourth-order valence-electron chi connectivity index (χ4n) is 3.35. The molecule has 0 unspecified atom stereocenters. The summed E-state index contributed by atoms with van der Waals surface area (Å²) in [6.45, 7) is 2.77. The maximum absolute atomic E-state index is 13.3. The molecule has 0 aliphatic carbocycles. The monoisotopic (exact) mass is 388 g/mol. The fraction of sp³-hybridized carbons (Fsp3) is 0.174. The van der Waals surface area contributed by atoms with Crippen molar-refractivity contribution in [1.82, 2.24) is 0 Å². The summed E-state index contributed by atoms with van der Waals surface area (Å²) < 4.78 is 10.7. The van der Waals surface area contributed by atoms with Crippen molar-refractivity contribution in [3.05, 3.63) is 83.8 Å². The first kappa shape index (κ1) is 18.7. The van der Waals surface area contributed by atoms with E-state index in [9.17, 15) is 9.59 Å². The van der Waals surface area contributed by atoms with E-state index >= 15 is 0 Å². The number of hydrogen-bond donors (Lipinski definition) is 0. The number of aliphatic imine (C=N–C) groups is 1. The highest BCUT2D eigenvalue weighted by Crippen LogP contribution is 2.32. The largest absolute Gasteiger partial charge is 0.494 e. The lowest BCUT2D eigenvalue weighted by Gasteiger charge is -2.31. The molecule has 29 heavy (non-hydrogen) atoms. The van der Waals surface area contributed by atoms with E-state index in [1.165, 1.54) is 4.90 Å². The van der Waals surface area contributed by atoms with Crippen LogP contribution in [0.3, 0.4) is 0 Å². The highest BCUT2D eigenvalue weighted by atomic mass is 16.5. The third-order valence-corrected chi connectivity index (χ3v) is 4.70. The summed E-state index contributed by atoms with van der Waals surface area (Å²) in [5, 5.41) is 0. The number of rotatable bonds is 6. The van der Waals surface area contributed by atoms with Crippen LogP contribution in [0.4, 0.5) is 5.69 Å². The Labute approximate surface area is 168 Å². The highest BCUT2D eigenvalue weighted by Gasteiger charge is 2.38. The van der Waals surface area contributed by atoms with Gasteiger partial charge in [0.2, 0.25) is 5.91 Å². The zero-order valence-corrected chi connectivity index (χ0v) is 15.9. The lowest BCUT2D eigenvalue weighted by Crippen LogP contribution is -2.45. The van der Waals surface area contributed by atoms with E-state index in [4.69, 9.17) is 9.15 Å². The molecule has 2 heterocycles. The lowest BCUT2D eigenvalue weighted by molar-refractivity contribution is -0.118. The van der Waals surface area contributed by atoms with Crippen molar-refractivity contribution in [2.24, 2.45) is 4.99 Å². The Balaban J connectivity index is 1.67. The molecule has 4 rings (SSSR count). The first-order chi connectivity index (χ1) is 14.2. The van der Waals surface area contributed by atoms with Gasteiger partial charge in [0.1, 0.15) is 11.5 Å². The van der Waals surface area contributed by atoms with Gasteiger partial charge >= 0.3 is 0 Å². The molecule has 6 nitrogen and oxygen atoms in total. The number of amides is 2. The van der Waals surface area contributed by atoms with Gasteiger partial charge in [0, 0.05) is 11.8 Å². The Bertz CT molecular complexity index is 1040. The second-order valence-corrected chi connectivity index (χ2v) is 6.54. The van der Waals surface area contributed by atoms with Gasteiger partial charge in [0.25, 0.3) is 5.91 Å². The zero-order valence-electron chi connectivity index (χ0n) is 15.9. The maximum atomic E-state index is 13.3. The van der Waals surface area contributed by atoms with Gasteiger partial charge < -0.3 is 9.15 Å². The molecule has 146 valence electrons. The van der Waals surface area contributed by atoms with Crippen LogP contribution in [-0.4, -0.2) is 24.6 Å². The number of anilines is 1. The minimum absolute atomic E-state index is 0.329. The Morgan fingerprint density at radius 3 is 2.59 bits per heavy atom. The molecule has 0 spiro atoms. The average molecular weight is 388 g/mol.